The van der Waals surface area contributed by atoms with Crippen molar-refractivity contribution in [2.75, 3.05) is 6.54 Å². The molecule has 0 amide bonds. The van der Waals surface area contributed by atoms with Gasteiger partial charge in [0.25, 0.3) is 0 Å². The Labute approximate surface area is 171 Å². The van der Waals surface area contributed by atoms with Crippen LogP contribution in [-0.2, 0) is 0 Å². The third-order valence-corrected chi connectivity index (χ3v) is 6.42. The first-order valence-electron chi connectivity index (χ1n) is 12.8. The third kappa shape index (κ3) is 15.5. The van der Waals surface area contributed by atoms with E-state index in [-0.39, 0.29) is 6.10 Å². The molecule has 162 valence electrons. The van der Waals surface area contributed by atoms with Gasteiger partial charge in [-0.3, -0.25) is 0 Å². The van der Waals surface area contributed by atoms with Crippen LogP contribution < -0.4 is 5.32 Å². The first-order valence-corrected chi connectivity index (χ1v) is 12.8. The minimum absolute atomic E-state index is 0.103. The molecule has 1 fully saturated rings. The molecule has 0 aromatic heterocycles. The van der Waals surface area contributed by atoms with Crippen molar-refractivity contribution in [3.63, 3.8) is 0 Å². The van der Waals surface area contributed by atoms with E-state index >= 15 is 0 Å². The lowest BCUT2D eigenvalue weighted by atomic mass is 10.0. The average molecular weight is 382 g/mol. The molecule has 0 aliphatic carbocycles. The number of hydrogen-bond acceptors (Lipinski definition) is 2. The Balaban J connectivity index is 1.67. The van der Waals surface area contributed by atoms with Crippen LogP contribution in [0.15, 0.2) is 0 Å². The molecule has 0 aromatic rings. The molecule has 2 unspecified atom stereocenters. The fourth-order valence-electron chi connectivity index (χ4n) is 4.50. The van der Waals surface area contributed by atoms with Crippen molar-refractivity contribution in [3.05, 3.63) is 0 Å². The van der Waals surface area contributed by atoms with Gasteiger partial charge in [0.2, 0.25) is 0 Å². The lowest BCUT2D eigenvalue weighted by Gasteiger charge is -2.17. The van der Waals surface area contributed by atoms with Crippen LogP contribution in [-0.4, -0.2) is 23.8 Å². The molecule has 0 bridgehead atoms. The zero-order valence-electron chi connectivity index (χ0n) is 18.7. The van der Waals surface area contributed by atoms with Crippen molar-refractivity contribution in [2.45, 2.75) is 154 Å². The van der Waals surface area contributed by atoms with E-state index in [1.807, 2.05) is 0 Å². The largest absolute Gasteiger partial charge is 0.392 e. The Kier molecular flexibility index (Phi) is 17.8. The van der Waals surface area contributed by atoms with E-state index < -0.39 is 0 Å². The summed E-state index contributed by atoms with van der Waals surface area (Å²) in [4.78, 5) is 0. The second kappa shape index (κ2) is 19.2. The van der Waals surface area contributed by atoms with Crippen LogP contribution in [0.4, 0.5) is 0 Å². The Bertz CT molecular complexity index is 288. The van der Waals surface area contributed by atoms with E-state index in [9.17, 15) is 5.11 Å². The molecule has 0 spiro atoms. The molecule has 2 atom stereocenters. The average Bonchev–Trinajstić information content (AvgIpc) is 3.22. The molecule has 0 aromatic carbocycles. The Hall–Kier alpha value is -0.0800. The van der Waals surface area contributed by atoms with Crippen LogP contribution in [0.25, 0.3) is 0 Å². The molecular weight excluding hydrogens is 330 g/mol. The molecule has 1 rings (SSSR count). The highest BCUT2D eigenvalue weighted by Crippen LogP contribution is 2.17. The van der Waals surface area contributed by atoms with Crippen molar-refractivity contribution >= 4 is 0 Å². The van der Waals surface area contributed by atoms with Crippen LogP contribution in [0, 0.1) is 0 Å². The van der Waals surface area contributed by atoms with Gasteiger partial charge in [0, 0.05) is 6.04 Å². The molecule has 2 heteroatoms. The molecule has 0 radical (unpaired) electrons. The molecule has 2 nitrogen and oxygen atoms in total. The first kappa shape index (κ1) is 25.0. The molecule has 1 aliphatic rings. The number of unbranched alkanes of at least 4 members (excludes halogenated alkanes) is 17. The van der Waals surface area contributed by atoms with E-state index in [4.69, 9.17) is 0 Å². The molecular formula is C25H51NO. The smallest absolute Gasteiger partial charge is 0.0693 e. The van der Waals surface area contributed by atoms with Gasteiger partial charge in [-0.05, 0) is 25.8 Å². The topological polar surface area (TPSA) is 32.3 Å². The second-order valence-corrected chi connectivity index (χ2v) is 9.07. The third-order valence-electron chi connectivity index (χ3n) is 6.42. The minimum Gasteiger partial charge on any atom is -0.392 e. The fraction of sp³-hybridized carbons (Fsp3) is 1.00. The lowest BCUT2D eigenvalue weighted by molar-refractivity contribution is 0.123. The monoisotopic (exact) mass is 381 g/mol. The van der Waals surface area contributed by atoms with E-state index in [0.717, 1.165) is 13.0 Å². The summed E-state index contributed by atoms with van der Waals surface area (Å²) in [6.07, 6.45) is 28.9. The number of nitrogens with one attached hydrogen (secondary N) is 1. The van der Waals surface area contributed by atoms with Gasteiger partial charge in [-0.2, -0.15) is 0 Å². The van der Waals surface area contributed by atoms with Crippen molar-refractivity contribution in [3.8, 4) is 0 Å². The maximum absolute atomic E-state index is 10.1. The Morgan fingerprint density at radius 2 is 1.07 bits per heavy atom. The maximum atomic E-state index is 10.1. The predicted octanol–water partition coefficient (Wildman–Crippen LogP) is 7.53. The molecule has 1 aliphatic heterocycles. The van der Waals surface area contributed by atoms with E-state index in [0.29, 0.717) is 6.04 Å². The molecule has 1 heterocycles. The van der Waals surface area contributed by atoms with Crippen LogP contribution in [0.2, 0.25) is 0 Å². The second-order valence-electron chi connectivity index (χ2n) is 9.07. The van der Waals surface area contributed by atoms with Crippen LogP contribution in [0.1, 0.15) is 142 Å². The molecule has 1 saturated heterocycles. The van der Waals surface area contributed by atoms with Gasteiger partial charge in [-0.25, -0.2) is 0 Å². The van der Waals surface area contributed by atoms with Gasteiger partial charge in [-0.1, -0.05) is 122 Å². The first-order chi connectivity index (χ1) is 13.3. The lowest BCUT2D eigenvalue weighted by Crippen LogP contribution is -2.34. The van der Waals surface area contributed by atoms with Crippen molar-refractivity contribution < 1.29 is 5.11 Å². The van der Waals surface area contributed by atoms with Crippen LogP contribution in [0.5, 0.6) is 0 Å². The van der Waals surface area contributed by atoms with E-state index in [1.54, 1.807) is 0 Å². The maximum Gasteiger partial charge on any atom is 0.0693 e. The summed E-state index contributed by atoms with van der Waals surface area (Å²) in [5.74, 6) is 0. The number of hydrogen-bond donors (Lipinski definition) is 2. The summed E-state index contributed by atoms with van der Waals surface area (Å²) in [6, 6.07) is 0.385. The van der Waals surface area contributed by atoms with Gasteiger partial charge >= 0.3 is 0 Å². The number of aliphatic hydroxyl groups is 1. The molecule has 27 heavy (non-hydrogen) atoms. The van der Waals surface area contributed by atoms with Gasteiger partial charge < -0.3 is 10.4 Å². The summed E-state index contributed by atoms with van der Waals surface area (Å²) in [6.45, 7) is 3.39. The highest BCUT2D eigenvalue weighted by Gasteiger charge is 2.21. The fourth-order valence-corrected chi connectivity index (χ4v) is 4.50. The van der Waals surface area contributed by atoms with Gasteiger partial charge in [0.15, 0.2) is 0 Å². The van der Waals surface area contributed by atoms with Gasteiger partial charge in [-0.15, -0.1) is 0 Å². The standard InChI is InChI=1S/C25H51NO/c1-2-3-4-5-6-7-8-9-10-11-12-13-14-15-16-17-18-19-22-25(27)24-21-20-23-26-24/h24-27H,2-23H2,1H3. The zero-order chi connectivity index (χ0) is 19.4. The molecule has 2 N–H and O–H groups in total. The Morgan fingerprint density at radius 1 is 0.667 bits per heavy atom. The number of rotatable bonds is 20. The highest BCUT2D eigenvalue weighted by atomic mass is 16.3. The van der Waals surface area contributed by atoms with Crippen LogP contribution >= 0.6 is 0 Å². The van der Waals surface area contributed by atoms with Gasteiger partial charge in [0.1, 0.15) is 0 Å². The SMILES string of the molecule is CCCCCCCCCCCCCCCCCCCCC(O)C1CCCN1. The summed E-state index contributed by atoms with van der Waals surface area (Å²) in [7, 11) is 0. The summed E-state index contributed by atoms with van der Waals surface area (Å²) < 4.78 is 0. The summed E-state index contributed by atoms with van der Waals surface area (Å²) >= 11 is 0. The zero-order valence-corrected chi connectivity index (χ0v) is 18.7. The van der Waals surface area contributed by atoms with Crippen molar-refractivity contribution in [1.29, 1.82) is 0 Å². The Morgan fingerprint density at radius 3 is 1.44 bits per heavy atom. The molecule has 0 saturated carbocycles. The number of aliphatic hydroxyl groups excluding tert-OH is 1. The van der Waals surface area contributed by atoms with Crippen molar-refractivity contribution in [1.82, 2.24) is 5.32 Å². The van der Waals surface area contributed by atoms with Crippen molar-refractivity contribution in [2.24, 2.45) is 0 Å². The predicted molar refractivity (Wildman–Crippen MR) is 120 cm³/mol. The summed E-state index contributed by atoms with van der Waals surface area (Å²) in [5.41, 5.74) is 0. The van der Waals surface area contributed by atoms with E-state index in [1.165, 1.54) is 128 Å². The minimum atomic E-state index is -0.103. The van der Waals surface area contributed by atoms with Crippen LogP contribution in [0.3, 0.4) is 0 Å². The van der Waals surface area contributed by atoms with Gasteiger partial charge in [0.05, 0.1) is 6.10 Å². The highest BCUT2D eigenvalue weighted by molar-refractivity contribution is 4.80. The summed E-state index contributed by atoms with van der Waals surface area (Å²) in [5, 5.41) is 13.5. The normalized spacial score (nSPS) is 18.2. The van der Waals surface area contributed by atoms with E-state index in [2.05, 4.69) is 12.2 Å². The quantitative estimate of drug-likeness (QED) is 0.214.